The zero-order valence-electron chi connectivity index (χ0n) is 14.5. The van der Waals surface area contributed by atoms with E-state index in [1.165, 1.54) is 11.8 Å². The Morgan fingerprint density at radius 1 is 1.12 bits per heavy atom. The highest BCUT2D eigenvalue weighted by atomic mass is 32.2. The summed E-state index contributed by atoms with van der Waals surface area (Å²) in [5.41, 5.74) is 4.55. The van der Waals surface area contributed by atoms with Gasteiger partial charge in [-0.2, -0.15) is 11.8 Å². The second-order valence-electron chi connectivity index (χ2n) is 6.02. The summed E-state index contributed by atoms with van der Waals surface area (Å²) in [7, 11) is 0. The monoisotopic (exact) mass is 371 g/mol. The zero-order valence-corrected chi connectivity index (χ0v) is 15.3. The maximum absolute atomic E-state index is 12.1. The van der Waals surface area contributed by atoms with Crippen LogP contribution in [0.25, 0.3) is 11.1 Å². The van der Waals surface area contributed by atoms with Gasteiger partial charge in [-0.25, -0.2) is 9.59 Å². The van der Waals surface area contributed by atoms with E-state index < -0.39 is 18.1 Å². The molecule has 2 aromatic rings. The number of nitrogens with one attached hydrogen (secondary N) is 1. The topological polar surface area (TPSA) is 75.6 Å². The molecule has 0 spiro atoms. The van der Waals surface area contributed by atoms with Gasteiger partial charge in [0, 0.05) is 11.7 Å². The standard InChI is InChI=1S/C20H21NO4S/c1-2-26-12-18(19(22)23)21-20(24)25-11-17-15-9-5-3-7-13(15)14-8-4-6-10-16(14)17/h3-10,17-18H,2,11-12H2,1H3,(H,21,24)(H,22,23)/t18-/m0/s1. The molecule has 5 nitrogen and oxygen atoms in total. The first-order valence-electron chi connectivity index (χ1n) is 8.54. The van der Waals surface area contributed by atoms with E-state index >= 15 is 0 Å². The van der Waals surface area contributed by atoms with Crippen molar-refractivity contribution in [1.29, 1.82) is 0 Å². The van der Waals surface area contributed by atoms with Crippen molar-refractivity contribution in [3.63, 3.8) is 0 Å². The van der Waals surface area contributed by atoms with Crippen molar-refractivity contribution < 1.29 is 19.4 Å². The fourth-order valence-electron chi connectivity index (χ4n) is 3.19. The van der Waals surface area contributed by atoms with Gasteiger partial charge in [-0.15, -0.1) is 0 Å². The highest BCUT2D eigenvalue weighted by molar-refractivity contribution is 7.99. The minimum atomic E-state index is -1.06. The number of thioether (sulfide) groups is 1. The van der Waals surface area contributed by atoms with Gasteiger partial charge in [0.25, 0.3) is 0 Å². The van der Waals surface area contributed by atoms with Gasteiger partial charge in [-0.1, -0.05) is 55.5 Å². The average Bonchev–Trinajstić information content (AvgIpc) is 2.97. The van der Waals surface area contributed by atoms with Crippen LogP contribution in [0.15, 0.2) is 48.5 Å². The third-order valence-electron chi connectivity index (χ3n) is 4.42. The number of hydrogen-bond donors (Lipinski definition) is 2. The number of aliphatic carboxylic acids is 1. The maximum Gasteiger partial charge on any atom is 0.407 e. The van der Waals surface area contributed by atoms with Gasteiger partial charge in [-0.3, -0.25) is 0 Å². The molecule has 3 rings (SSSR count). The lowest BCUT2D eigenvalue weighted by atomic mass is 9.98. The predicted octanol–water partition coefficient (Wildman–Crippen LogP) is 3.73. The molecule has 136 valence electrons. The van der Waals surface area contributed by atoms with Crippen molar-refractivity contribution in [2.45, 2.75) is 18.9 Å². The molecular weight excluding hydrogens is 350 g/mol. The fraction of sp³-hybridized carbons (Fsp3) is 0.300. The van der Waals surface area contributed by atoms with Gasteiger partial charge in [0.05, 0.1) is 0 Å². The van der Waals surface area contributed by atoms with Gasteiger partial charge >= 0.3 is 12.1 Å². The molecule has 0 radical (unpaired) electrons. The average molecular weight is 371 g/mol. The van der Waals surface area contributed by atoms with E-state index in [1.54, 1.807) is 0 Å². The van der Waals surface area contributed by atoms with Crippen LogP contribution in [0, 0.1) is 0 Å². The molecule has 1 atom stereocenters. The van der Waals surface area contributed by atoms with E-state index in [0.717, 1.165) is 28.0 Å². The van der Waals surface area contributed by atoms with Crippen LogP contribution in [0.3, 0.4) is 0 Å². The Kier molecular flexibility index (Phi) is 5.83. The maximum atomic E-state index is 12.1. The zero-order chi connectivity index (χ0) is 18.5. The molecule has 0 unspecified atom stereocenters. The lowest BCUT2D eigenvalue weighted by molar-refractivity contribution is -0.138. The highest BCUT2D eigenvalue weighted by Gasteiger charge is 2.29. The first kappa shape index (κ1) is 18.3. The Morgan fingerprint density at radius 2 is 1.69 bits per heavy atom. The van der Waals surface area contributed by atoms with Gasteiger partial charge in [0.2, 0.25) is 0 Å². The number of carbonyl (C=O) groups is 2. The van der Waals surface area contributed by atoms with Crippen molar-refractivity contribution in [3.05, 3.63) is 59.7 Å². The summed E-state index contributed by atoms with van der Waals surface area (Å²) in [6.45, 7) is 2.12. The molecule has 0 fully saturated rings. The first-order chi connectivity index (χ1) is 12.6. The molecule has 0 aliphatic heterocycles. The Morgan fingerprint density at radius 3 is 2.23 bits per heavy atom. The smallest absolute Gasteiger partial charge is 0.407 e. The molecule has 0 saturated carbocycles. The molecule has 2 N–H and O–H groups in total. The van der Waals surface area contributed by atoms with E-state index in [0.29, 0.717) is 5.75 Å². The number of amides is 1. The molecule has 0 saturated heterocycles. The molecule has 0 bridgehead atoms. The Balaban J connectivity index is 1.68. The second kappa shape index (κ2) is 8.27. The van der Waals surface area contributed by atoms with Crippen molar-refractivity contribution in [3.8, 4) is 11.1 Å². The summed E-state index contributed by atoms with van der Waals surface area (Å²) in [5.74, 6) is 0.00697. The molecule has 0 aromatic heterocycles. The Bertz CT molecular complexity index is 762. The minimum Gasteiger partial charge on any atom is -0.480 e. The number of benzene rings is 2. The summed E-state index contributed by atoms with van der Waals surface area (Å²) in [5, 5.41) is 11.6. The normalized spacial score (nSPS) is 13.6. The largest absolute Gasteiger partial charge is 0.480 e. The number of fused-ring (bicyclic) bond motifs is 3. The van der Waals surface area contributed by atoms with Crippen LogP contribution in [-0.2, 0) is 9.53 Å². The van der Waals surface area contributed by atoms with E-state index in [-0.39, 0.29) is 12.5 Å². The summed E-state index contributed by atoms with van der Waals surface area (Å²) in [6, 6.07) is 15.2. The molecule has 0 heterocycles. The van der Waals surface area contributed by atoms with E-state index in [2.05, 4.69) is 17.4 Å². The molecule has 6 heteroatoms. The number of hydrogen-bond acceptors (Lipinski definition) is 4. The molecular formula is C20H21NO4S. The lowest BCUT2D eigenvalue weighted by Crippen LogP contribution is -2.43. The molecule has 2 aromatic carbocycles. The summed E-state index contributed by atoms with van der Waals surface area (Å²) >= 11 is 1.46. The van der Waals surface area contributed by atoms with Crippen molar-refractivity contribution in [2.24, 2.45) is 0 Å². The second-order valence-corrected chi connectivity index (χ2v) is 7.34. The number of ether oxygens (including phenoxy) is 1. The van der Waals surface area contributed by atoms with Crippen LogP contribution < -0.4 is 5.32 Å². The summed E-state index contributed by atoms with van der Waals surface area (Å²) in [6.07, 6.45) is -0.698. The van der Waals surface area contributed by atoms with Crippen LogP contribution in [-0.4, -0.2) is 41.3 Å². The van der Waals surface area contributed by atoms with Gasteiger partial charge < -0.3 is 15.2 Å². The van der Waals surface area contributed by atoms with E-state index in [4.69, 9.17) is 4.74 Å². The molecule has 26 heavy (non-hydrogen) atoms. The molecule has 1 amide bonds. The predicted molar refractivity (Wildman–Crippen MR) is 103 cm³/mol. The number of rotatable bonds is 7. The van der Waals surface area contributed by atoms with Gasteiger partial charge in [-0.05, 0) is 28.0 Å². The lowest BCUT2D eigenvalue weighted by Gasteiger charge is -2.17. The van der Waals surface area contributed by atoms with Crippen LogP contribution in [0.1, 0.15) is 24.0 Å². The van der Waals surface area contributed by atoms with Crippen molar-refractivity contribution in [2.75, 3.05) is 18.1 Å². The third kappa shape index (κ3) is 3.85. The SMILES string of the molecule is CCSC[C@H](NC(=O)OCC1c2ccccc2-c2ccccc21)C(=O)O. The third-order valence-corrected chi connectivity index (χ3v) is 5.40. The Labute approximate surface area is 156 Å². The number of carboxylic acid groups (broad SMARTS) is 1. The van der Waals surface area contributed by atoms with Crippen LogP contribution in [0.4, 0.5) is 4.79 Å². The molecule has 1 aliphatic rings. The number of carboxylic acids is 1. The summed E-state index contributed by atoms with van der Waals surface area (Å²) in [4.78, 5) is 23.3. The van der Waals surface area contributed by atoms with Crippen molar-refractivity contribution >= 4 is 23.8 Å². The van der Waals surface area contributed by atoms with Gasteiger partial charge in [0.15, 0.2) is 0 Å². The van der Waals surface area contributed by atoms with Crippen LogP contribution in [0.5, 0.6) is 0 Å². The number of carbonyl (C=O) groups excluding carboxylic acids is 1. The van der Waals surface area contributed by atoms with Crippen LogP contribution in [0.2, 0.25) is 0 Å². The minimum absolute atomic E-state index is 0.0403. The fourth-order valence-corrected chi connectivity index (χ4v) is 3.89. The van der Waals surface area contributed by atoms with E-state index in [9.17, 15) is 14.7 Å². The van der Waals surface area contributed by atoms with Crippen molar-refractivity contribution in [1.82, 2.24) is 5.32 Å². The first-order valence-corrected chi connectivity index (χ1v) is 9.69. The Hall–Kier alpha value is -2.47. The summed E-state index contributed by atoms with van der Waals surface area (Å²) < 4.78 is 5.38. The van der Waals surface area contributed by atoms with Gasteiger partial charge in [0.1, 0.15) is 12.6 Å². The number of alkyl carbamates (subject to hydrolysis) is 1. The van der Waals surface area contributed by atoms with Crippen LogP contribution >= 0.6 is 11.8 Å². The van der Waals surface area contributed by atoms with E-state index in [1.807, 2.05) is 43.3 Å². The highest BCUT2D eigenvalue weighted by Crippen LogP contribution is 2.44. The quantitative estimate of drug-likeness (QED) is 0.776. The molecule has 1 aliphatic carbocycles.